The van der Waals surface area contributed by atoms with Gasteiger partial charge in [-0.15, -0.1) is 0 Å². The van der Waals surface area contributed by atoms with E-state index in [1.165, 1.54) is 30.0 Å². The van der Waals surface area contributed by atoms with E-state index in [1.54, 1.807) is 16.6 Å². The lowest BCUT2D eigenvalue weighted by Gasteiger charge is -2.09. The molecule has 0 bridgehead atoms. The fourth-order valence-electron chi connectivity index (χ4n) is 2.86. The van der Waals surface area contributed by atoms with E-state index in [2.05, 4.69) is 15.1 Å². The average molecular weight is 445 g/mol. The first kappa shape index (κ1) is 20.4. The Morgan fingerprint density at radius 2 is 2.07 bits per heavy atom. The molecule has 0 saturated heterocycles. The van der Waals surface area contributed by atoms with E-state index >= 15 is 0 Å². The number of ether oxygens (including phenoxy) is 1. The average Bonchev–Trinajstić information content (AvgIpc) is 3.10. The Hall–Kier alpha value is -2.84. The van der Waals surface area contributed by atoms with E-state index < -0.39 is 0 Å². The topological polar surface area (TPSA) is 72.3 Å². The summed E-state index contributed by atoms with van der Waals surface area (Å²) in [5.74, 6) is 1.48. The van der Waals surface area contributed by atoms with Gasteiger partial charge in [0.2, 0.25) is 0 Å². The monoisotopic (exact) mass is 444 g/mol. The lowest BCUT2D eigenvalue weighted by Crippen LogP contribution is -2.05. The molecule has 1 N–H and O–H groups in total. The zero-order valence-electron chi connectivity index (χ0n) is 16.1. The van der Waals surface area contributed by atoms with Crippen LogP contribution in [0.1, 0.15) is 12.0 Å². The largest absolute Gasteiger partial charge is 0.494 e. The fourth-order valence-corrected chi connectivity index (χ4v) is 3.84. The summed E-state index contributed by atoms with van der Waals surface area (Å²) in [5, 5.41) is 3.97. The van der Waals surface area contributed by atoms with Gasteiger partial charge in [-0.25, -0.2) is 18.9 Å². The number of fused-ring (bicyclic) bond motifs is 1. The number of aryl methyl sites for hydroxylation is 1. The minimum absolute atomic E-state index is 0.274. The molecular formula is C21H18ClFN4O2S. The van der Waals surface area contributed by atoms with Crippen LogP contribution in [-0.2, 0) is 0 Å². The van der Waals surface area contributed by atoms with Crippen LogP contribution in [0.5, 0.6) is 5.75 Å². The molecule has 154 valence electrons. The summed E-state index contributed by atoms with van der Waals surface area (Å²) in [6.07, 6.45) is 0.763. The third-order valence-electron chi connectivity index (χ3n) is 4.33. The van der Waals surface area contributed by atoms with Crippen LogP contribution < -0.4 is 10.3 Å². The lowest BCUT2D eigenvalue weighted by molar-refractivity contribution is 0.318. The van der Waals surface area contributed by atoms with Crippen molar-refractivity contribution in [2.75, 3.05) is 12.4 Å². The highest BCUT2D eigenvalue weighted by molar-refractivity contribution is 7.99. The minimum atomic E-state index is -0.369. The number of aromatic amines is 1. The van der Waals surface area contributed by atoms with Crippen LogP contribution in [-0.4, -0.2) is 31.9 Å². The second-order valence-corrected chi connectivity index (χ2v) is 8.08. The summed E-state index contributed by atoms with van der Waals surface area (Å²) in [5.41, 5.74) is 1.68. The SMILES string of the molecule is Cc1cc(OCCCSc2nc(-c3cccc(F)c3)nc3cc(=O)[nH]n23)ccc1Cl. The highest BCUT2D eigenvalue weighted by Gasteiger charge is 2.12. The predicted octanol–water partition coefficient (Wildman–Crippen LogP) is 4.75. The fraction of sp³-hybridized carbons (Fsp3) is 0.190. The van der Waals surface area contributed by atoms with Crippen LogP contribution in [0.25, 0.3) is 17.0 Å². The van der Waals surface area contributed by atoms with Gasteiger partial charge in [-0.05, 0) is 49.2 Å². The molecule has 4 rings (SSSR count). The van der Waals surface area contributed by atoms with Crippen LogP contribution in [0.2, 0.25) is 5.02 Å². The summed E-state index contributed by atoms with van der Waals surface area (Å²) >= 11 is 7.49. The molecule has 9 heteroatoms. The first-order chi connectivity index (χ1) is 14.5. The van der Waals surface area contributed by atoms with Gasteiger partial charge in [0.15, 0.2) is 16.6 Å². The number of nitrogens with one attached hydrogen (secondary N) is 1. The highest BCUT2D eigenvalue weighted by atomic mass is 35.5. The number of halogens is 2. The third kappa shape index (κ3) is 4.66. The highest BCUT2D eigenvalue weighted by Crippen LogP contribution is 2.23. The number of H-pyrrole nitrogens is 1. The van der Waals surface area contributed by atoms with E-state index in [9.17, 15) is 9.18 Å². The van der Waals surface area contributed by atoms with Gasteiger partial charge in [0.1, 0.15) is 11.6 Å². The van der Waals surface area contributed by atoms with Crippen molar-refractivity contribution in [2.24, 2.45) is 0 Å². The smallest absolute Gasteiger partial charge is 0.266 e. The Morgan fingerprint density at radius 1 is 1.20 bits per heavy atom. The molecule has 0 aliphatic carbocycles. The molecule has 0 amide bonds. The number of hydrogen-bond acceptors (Lipinski definition) is 5. The molecule has 0 aliphatic heterocycles. The van der Waals surface area contributed by atoms with Gasteiger partial charge >= 0.3 is 0 Å². The van der Waals surface area contributed by atoms with Crippen LogP contribution in [0.15, 0.2) is 58.5 Å². The minimum Gasteiger partial charge on any atom is -0.494 e. The third-order valence-corrected chi connectivity index (χ3v) is 5.77. The summed E-state index contributed by atoms with van der Waals surface area (Å²) < 4.78 is 20.9. The molecule has 0 aliphatic rings. The van der Waals surface area contributed by atoms with Crippen molar-refractivity contribution >= 4 is 29.0 Å². The Bertz CT molecular complexity index is 1260. The van der Waals surface area contributed by atoms with Crippen LogP contribution in [0, 0.1) is 12.7 Å². The van der Waals surface area contributed by atoms with Gasteiger partial charge in [-0.2, -0.15) is 0 Å². The Labute approximate surface area is 181 Å². The second kappa shape index (κ2) is 8.89. The van der Waals surface area contributed by atoms with E-state index in [0.717, 1.165) is 17.7 Å². The second-order valence-electron chi connectivity index (χ2n) is 6.62. The molecule has 2 aromatic heterocycles. The standard InChI is InChI=1S/C21H18ClFN4O2S/c1-13-10-16(6-7-17(13)22)29-8-3-9-30-21-25-20(14-4-2-5-15(23)11-14)24-18-12-19(28)26-27(18)21/h2,4-7,10-12H,3,8-9H2,1H3,(H,26,28). The van der Waals surface area contributed by atoms with Crippen molar-refractivity contribution in [1.29, 1.82) is 0 Å². The van der Waals surface area contributed by atoms with E-state index in [0.29, 0.717) is 39.6 Å². The maximum absolute atomic E-state index is 13.6. The molecule has 2 heterocycles. The first-order valence-corrected chi connectivity index (χ1v) is 10.6. The number of hydrogen-bond donors (Lipinski definition) is 1. The normalized spacial score (nSPS) is 11.2. The first-order valence-electron chi connectivity index (χ1n) is 9.27. The number of benzene rings is 2. The van der Waals surface area contributed by atoms with Gasteiger partial charge in [0.25, 0.3) is 5.56 Å². The van der Waals surface area contributed by atoms with Gasteiger partial charge in [-0.1, -0.05) is 35.5 Å². The quantitative estimate of drug-likeness (QED) is 0.329. The van der Waals surface area contributed by atoms with Crippen molar-refractivity contribution in [1.82, 2.24) is 19.6 Å². The maximum Gasteiger partial charge on any atom is 0.266 e. The zero-order chi connectivity index (χ0) is 21.1. The van der Waals surface area contributed by atoms with Crippen molar-refractivity contribution in [3.8, 4) is 17.1 Å². The lowest BCUT2D eigenvalue weighted by atomic mass is 10.2. The molecule has 0 atom stereocenters. The van der Waals surface area contributed by atoms with Crippen LogP contribution in [0.3, 0.4) is 0 Å². The van der Waals surface area contributed by atoms with Crippen LogP contribution in [0.4, 0.5) is 4.39 Å². The maximum atomic E-state index is 13.6. The van der Waals surface area contributed by atoms with Crippen molar-refractivity contribution in [3.05, 3.63) is 75.3 Å². The van der Waals surface area contributed by atoms with Crippen molar-refractivity contribution in [2.45, 2.75) is 18.5 Å². The summed E-state index contributed by atoms with van der Waals surface area (Å²) in [6, 6.07) is 13.0. The summed E-state index contributed by atoms with van der Waals surface area (Å²) in [6.45, 7) is 2.46. The Morgan fingerprint density at radius 3 is 2.87 bits per heavy atom. The number of nitrogens with zero attached hydrogens (tertiary/aromatic N) is 3. The van der Waals surface area contributed by atoms with Gasteiger partial charge < -0.3 is 4.74 Å². The molecule has 0 saturated carbocycles. The Balaban J connectivity index is 1.46. The molecule has 2 aromatic carbocycles. The summed E-state index contributed by atoms with van der Waals surface area (Å²) in [7, 11) is 0. The van der Waals surface area contributed by atoms with Gasteiger partial charge in [0, 0.05) is 22.4 Å². The molecule has 0 unspecified atom stereocenters. The molecule has 0 fully saturated rings. The summed E-state index contributed by atoms with van der Waals surface area (Å²) in [4.78, 5) is 20.7. The zero-order valence-corrected chi connectivity index (χ0v) is 17.6. The van der Waals surface area contributed by atoms with E-state index in [-0.39, 0.29) is 11.4 Å². The number of rotatable bonds is 7. The molecule has 6 nitrogen and oxygen atoms in total. The van der Waals surface area contributed by atoms with Crippen molar-refractivity contribution in [3.63, 3.8) is 0 Å². The molecule has 0 spiro atoms. The molecule has 0 radical (unpaired) electrons. The van der Waals surface area contributed by atoms with E-state index in [1.807, 2.05) is 25.1 Å². The van der Waals surface area contributed by atoms with Crippen molar-refractivity contribution < 1.29 is 9.13 Å². The van der Waals surface area contributed by atoms with Crippen LogP contribution >= 0.6 is 23.4 Å². The number of thioether (sulfide) groups is 1. The molecule has 4 aromatic rings. The molecular weight excluding hydrogens is 427 g/mol. The number of aromatic nitrogens is 4. The predicted molar refractivity (Wildman–Crippen MR) is 116 cm³/mol. The Kier molecular flexibility index (Phi) is 6.06. The van der Waals surface area contributed by atoms with Gasteiger partial charge in [0.05, 0.1) is 6.61 Å². The van der Waals surface area contributed by atoms with E-state index in [4.69, 9.17) is 16.3 Å². The molecule has 30 heavy (non-hydrogen) atoms. The van der Waals surface area contributed by atoms with Gasteiger partial charge in [-0.3, -0.25) is 9.89 Å².